The number of ether oxygens (including phenoxy) is 1. The van der Waals surface area contributed by atoms with Crippen LogP contribution in [0.3, 0.4) is 0 Å². The number of carboxylic acids is 1. The van der Waals surface area contributed by atoms with E-state index in [-0.39, 0.29) is 5.69 Å². The number of fused-ring (bicyclic) bond motifs is 3. The van der Waals surface area contributed by atoms with Gasteiger partial charge in [-0.2, -0.15) is 0 Å². The Balaban J connectivity index is 1.93. The molecule has 27 heavy (non-hydrogen) atoms. The lowest BCUT2D eigenvalue weighted by Gasteiger charge is -2.28. The Morgan fingerprint density at radius 3 is 2.07 bits per heavy atom. The summed E-state index contributed by atoms with van der Waals surface area (Å²) in [6.45, 7) is 0. The summed E-state index contributed by atoms with van der Waals surface area (Å²) in [5.74, 6) is -1.05. The summed E-state index contributed by atoms with van der Waals surface area (Å²) in [7, 11) is 2.96. The first kappa shape index (κ1) is 16.9. The van der Waals surface area contributed by atoms with Gasteiger partial charge in [0.2, 0.25) is 0 Å². The summed E-state index contributed by atoms with van der Waals surface area (Å²) >= 11 is 0. The first-order chi connectivity index (χ1) is 13.0. The zero-order chi connectivity index (χ0) is 19.1. The summed E-state index contributed by atoms with van der Waals surface area (Å²) in [4.78, 5) is 25.7. The van der Waals surface area contributed by atoms with Crippen molar-refractivity contribution in [2.24, 2.45) is 7.05 Å². The molecule has 6 heteroatoms. The maximum absolute atomic E-state index is 12.8. The molecule has 1 aromatic heterocycles. The van der Waals surface area contributed by atoms with Gasteiger partial charge in [0.25, 0.3) is 0 Å². The molecule has 0 bridgehead atoms. The number of benzene rings is 2. The molecular weight excluding hydrogens is 344 g/mol. The molecule has 1 aliphatic carbocycles. The van der Waals surface area contributed by atoms with Gasteiger partial charge in [0.05, 0.1) is 18.8 Å². The van der Waals surface area contributed by atoms with E-state index in [1.807, 2.05) is 48.5 Å². The van der Waals surface area contributed by atoms with Crippen molar-refractivity contribution >= 4 is 17.7 Å². The summed E-state index contributed by atoms with van der Waals surface area (Å²) in [5.41, 5.74) is 4.63. The molecule has 0 spiro atoms. The van der Waals surface area contributed by atoms with Crippen LogP contribution in [-0.2, 0) is 11.8 Å². The van der Waals surface area contributed by atoms with Gasteiger partial charge in [0.1, 0.15) is 5.69 Å². The van der Waals surface area contributed by atoms with Crippen LogP contribution < -0.4 is 4.90 Å². The number of aromatic nitrogens is 1. The van der Waals surface area contributed by atoms with Crippen LogP contribution >= 0.6 is 0 Å². The smallest absolute Gasteiger partial charge is 0.414 e. The molecule has 0 unspecified atom stereocenters. The van der Waals surface area contributed by atoms with Crippen LogP contribution in [0.15, 0.2) is 60.8 Å². The van der Waals surface area contributed by atoms with Crippen molar-refractivity contribution < 1.29 is 19.4 Å². The minimum atomic E-state index is -1.05. The van der Waals surface area contributed by atoms with Crippen molar-refractivity contribution in [3.8, 4) is 11.1 Å². The molecule has 0 fully saturated rings. The van der Waals surface area contributed by atoms with E-state index in [0.29, 0.717) is 5.69 Å². The van der Waals surface area contributed by atoms with E-state index in [1.165, 1.54) is 22.6 Å². The number of carbonyl (C=O) groups is 2. The van der Waals surface area contributed by atoms with E-state index >= 15 is 0 Å². The van der Waals surface area contributed by atoms with Crippen molar-refractivity contribution in [2.75, 3.05) is 12.0 Å². The Kier molecular flexibility index (Phi) is 3.96. The molecular formula is C21H18N2O4. The van der Waals surface area contributed by atoms with Crippen LogP contribution in [0, 0.1) is 0 Å². The van der Waals surface area contributed by atoms with Gasteiger partial charge in [0, 0.05) is 13.2 Å². The first-order valence-corrected chi connectivity index (χ1v) is 8.48. The van der Waals surface area contributed by atoms with Crippen LogP contribution in [0.1, 0.15) is 27.7 Å². The Bertz CT molecular complexity index is 1010. The summed E-state index contributed by atoms with van der Waals surface area (Å²) in [6.07, 6.45) is 1.08. The highest BCUT2D eigenvalue weighted by Gasteiger charge is 2.37. The Morgan fingerprint density at radius 1 is 1.04 bits per heavy atom. The molecule has 1 aliphatic rings. The second-order valence-electron chi connectivity index (χ2n) is 6.42. The maximum Gasteiger partial charge on any atom is 0.414 e. The molecule has 2 aromatic carbocycles. The molecule has 0 saturated carbocycles. The van der Waals surface area contributed by atoms with Crippen LogP contribution in [0.4, 0.5) is 10.5 Å². The van der Waals surface area contributed by atoms with Crippen molar-refractivity contribution in [1.29, 1.82) is 0 Å². The molecule has 0 radical (unpaired) electrons. The average Bonchev–Trinajstić information content (AvgIpc) is 3.21. The summed E-state index contributed by atoms with van der Waals surface area (Å²) in [5, 5.41) is 9.38. The lowest BCUT2D eigenvalue weighted by Crippen LogP contribution is -2.34. The number of hydrogen-bond donors (Lipinski definition) is 1. The number of hydrogen-bond acceptors (Lipinski definition) is 3. The number of anilines is 1. The Hall–Kier alpha value is -3.54. The zero-order valence-corrected chi connectivity index (χ0v) is 14.9. The molecule has 1 heterocycles. The Labute approximate surface area is 156 Å². The third-order valence-electron chi connectivity index (χ3n) is 4.92. The fourth-order valence-electron chi connectivity index (χ4n) is 3.76. The topological polar surface area (TPSA) is 71.8 Å². The lowest BCUT2D eigenvalue weighted by atomic mass is 10.0. The van der Waals surface area contributed by atoms with E-state index in [9.17, 15) is 14.7 Å². The lowest BCUT2D eigenvalue weighted by molar-refractivity contribution is 0.0686. The van der Waals surface area contributed by atoms with Gasteiger partial charge in [-0.05, 0) is 28.3 Å². The number of aromatic carboxylic acids is 1. The highest BCUT2D eigenvalue weighted by molar-refractivity contribution is 5.95. The Morgan fingerprint density at radius 2 is 1.59 bits per heavy atom. The second kappa shape index (κ2) is 6.32. The molecule has 3 aromatic rings. The number of carbonyl (C=O) groups excluding carboxylic acids is 1. The summed E-state index contributed by atoms with van der Waals surface area (Å²) < 4.78 is 6.54. The van der Waals surface area contributed by atoms with Crippen LogP contribution in [0.5, 0.6) is 0 Å². The van der Waals surface area contributed by atoms with E-state index in [0.717, 1.165) is 22.3 Å². The number of nitrogens with zero attached hydrogens (tertiary/aromatic N) is 2. The van der Waals surface area contributed by atoms with E-state index < -0.39 is 18.1 Å². The van der Waals surface area contributed by atoms with Crippen molar-refractivity contribution in [3.05, 3.63) is 77.6 Å². The molecule has 1 amide bonds. The van der Waals surface area contributed by atoms with Gasteiger partial charge in [-0.3, -0.25) is 4.90 Å². The van der Waals surface area contributed by atoms with Gasteiger partial charge in [-0.1, -0.05) is 48.5 Å². The average molecular weight is 362 g/mol. The number of carboxylic acid groups (broad SMARTS) is 1. The minimum Gasteiger partial charge on any atom is -0.477 e. The maximum atomic E-state index is 12.8. The van der Waals surface area contributed by atoms with Crippen molar-refractivity contribution in [1.82, 2.24) is 4.57 Å². The molecule has 0 atom stereocenters. The fraction of sp³-hybridized carbons (Fsp3) is 0.143. The van der Waals surface area contributed by atoms with Gasteiger partial charge in [-0.25, -0.2) is 9.59 Å². The minimum absolute atomic E-state index is 0.0958. The van der Waals surface area contributed by atoms with E-state index in [4.69, 9.17) is 4.74 Å². The quantitative estimate of drug-likeness (QED) is 0.762. The second-order valence-corrected chi connectivity index (χ2v) is 6.42. The molecule has 136 valence electrons. The van der Waals surface area contributed by atoms with E-state index in [1.54, 1.807) is 13.2 Å². The van der Waals surface area contributed by atoms with Crippen LogP contribution in [0.25, 0.3) is 11.1 Å². The van der Waals surface area contributed by atoms with E-state index in [2.05, 4.69) is 0 Å². The number of methoxy groups -OCH3 is 1. The van der Waals surface area contributed by atoms with Gasteiger partial charge >= 0.3 is 12.1 Å². The van der Waals surface area contributed by atoms with Crippen molar-refractivity contribution in [2.45, 2.75) is 6.04 Å². The van der Waals surface area contributed by atoms with Crippen LogP contribution in [0.2, 0.25) is 0 Å². The molecule has 1 N–H and O–H groups in total. The van der Waals surface area contributed by atoms with Crippen molar-refractivity contribution in [3.63, 3.8) is 0 Å². The van der Waals surface area contributed by atoms with Crippen LogP contribution in [-0.4, -0.2) is 28.8 Å². The molecule has 0 saturated heterocycles. The fourth-order valence-corrected chi connectivity index (χ4v) is 3.76. The molecule has 4 rings (SSSR count). The zero-order valence-electron chi connectivity index (χ0n) is 14.9. The monoisotopic (exact) mass is 362 g/mol. The first-order valence-electron chi connectivity index (χ1n) is 8.48. The predicted octanol–water partition coefficient (Wildman–Crippen LogP) is 4.07. The normalized spacial score (nSPS) is 12.4. The van der Waals surface area contributed by atoms with Gasteiger partial charge in [0.15, 0.2) is 0 Å². The predicted molar refractivity (Wildman–Crippen MR) is 101 cm³/mol. The highest BCUT2D eigenvalue weighted by atomic mass is 16.5. The SMILES string of the molecule is COC(=O)N(c1cc(C(=O)O)n(C)c1)C1c2ccccc2-c2ccccc21. The third-order valence-corrected chi connectivity index (χ3v) is 4.92. The largest absolute Gasteiger partial charge is 0.477 e. The summed E-state index contributed by atoms with van der Waals surface area (Å²) in [6, 6.07) is 16.9. The number of amides is 1. The number of rotatable bonds is 3. The third kappa shape index (κ3) is 2.57. The standard InChI is InChI=1S/C21H18N2O4/c1-22-12-13(11-18(22)20(24)25)23(21(26)27-2)19-16-9-5-3-7-14(16)15-8-4-6-10-17(15)19/h3-12,19H,1-2H3,(H,24,25). The number of aryl methyl sites for hydroxylation is 1. The van der Waals surface area contributed by atoms with Gasteiger partial charge < -0.3 is 14.4 Å². The highest BCUT2D eigenvalue weighted by Crippen LogP contribution is 2.47. The molecule has 6 nitrogen and oxygen atoms in total. The molecule has 0 aliphatic heterocycles. The van der Waals surface area contributed by atoms with Gasteiger partial charge in [-0.15, -0.1) is 0 Å².